The normalized spacial score (nSPS) is 11.2. The van der Waals surface area contributed by atoms with Gasteiger partial charge in [0.15, 0.2) is 9.99 Å². The molecule has 3 rings (SSSR count). The quantitative estimate of drug-likeness (QED) is 0.727. The molecule has 3 heterocycles. The van der Waals surface area contributed by atoms with Gasteiger partial charge in [-0.2, -0.15) is 0 Å². The van der Waals surface area contributed by atoms with Gasteiger partial charge in [0.2, 0.25) is 5.13 Å². The van der Waals surface area contributed by atoms with Crippen molar-refractivity contribution in [2.45, 2.75) is 17.0 Å². The molecule has 3 aromatic heterocycles. The van der Waals surface area contributed by atoms with Gasteiger partial charge < -0.3 is 10.3 Å². The van der Waals surface area contributed by atoms with Crippen LogP contribution in [0.25, 0.3) is 5.65 Å². The highest BCUT2D eigenvalue weighted by atomic mass is 32.2. The van der Waals surface area contributed by atoms with Crippen LogP contribution in [0.2, 0.25) is 0 Å². The Balaban J connectivity index is 1.87. The number of nitrogens with two attached hydrogens (primary N) is 1. The van der Waals surface area contributed by atoms with Gasteiger partial charge in [-0.05, 0) is 6.92 Å². The molecule has 0 bridgehead atoms. The molecule has 7 nitrogen and oxygen atoms in total. The molecule has 0 spiro atoms. The highest BCUT2D eigenvalue weighted by Gasteiger charge is 2.08. The van der Waals surface area contributed by atoms with Crippen molar-refractivity contribution in [1.29, 1.82) is 0 Å². The lowest BCUT2D eigenvalue weighted by Crippen LogP contribution is -2.12. The van der Waals surface area contributed by atoms with E-state index in [1.54, 1.807) is 13.0 Å². The number of rotatable bonds is 3. The van der Waals surface area contributed by atoms with E-state index in [0.29, 0.717) is 28.0 Å². The molecule has 0 aliphatic rings. The summed E-state index contributed by atoms with van der Waals surface area (Å²) in [6.07, 6.45) is 0. The first-order valence-corrected chi connectivity index (χ1v) is 7.13. The Labute approximate surface area is 115 Å². The molecule has 0 atom stereocenters. The van der Waals surface area contributed by atoms with E-state index in [0.717, 1.165) is 4.34 Å². The fourth-order valence-electron chi connectivity index (χ4n) is 1.56. The largest absolute Gasteiger partial charge is 0.375 e. The second-order valence-corrected chi connectivity index (χ2v) is 6.01. The lowest BCUT2D eigenvalue weighted by molar-refractivity contribution is 0.344. The molecule has 0 aliphatic heterocycles. The summed E-state index contributed by atoms with van der Waals surface area (Å²) in [5.74, 6) is 1.18. The number of thioether (sulfide) groups is 1. The van der Waals surface area contributed by atoms with Gasteiger partial charge in [-0.15, -0.1) is 14.8 Å². The zero-order valence-electron chi connectivity index (χ0n) is 9.86. The van der Waals surface area contributed by atoms with Gasteiger partial charge in [0, 0.05) is 17.9 Å². The summed E-state index contributed by atoms with van der Waals surface area (Å²) < 4.78 is 7.14. The number of aromatic nitrogens is 4. The average molecular weight is 295 g/mol. The van der Waals surface area contributed by atoms with Crippen molar-refractivity contribution in [2.75, 3.05) is 5.73 Å². The number of fused-ring (bicyclic) bond motifs is 1. The minimum Gasteiger partial charge on any atom is -0.375 e. The summed E-state index contributed by atoms with van der Waals surface area (Å²) in [6.45, 7) is 1.77. The summed E-state index contributed by atoms with van der Waals surface area (Å²) >= 11 is 2.75. The van der Waals surface area contributed by atoms with E-state index in [1.165, 1.54) is 33.7 Å². The monoisotopic (exact) mass is 295 g/mol. The number of aryl methyl sites for hydroxylation is 1. The fourth-order valence-corrected chi connectivity index (χ4v) is 3.09. The summed E-state index contributed by atoms with van der Waals surface area (Å²) in [6, 6.07) is 3.17. The third-order valence-corrected chi connectivity index (χ3v) is 4.21. The van der Waals surface area contributed by atoms with E-state index < -0.39 is 0 Å². The van der Waals surface area contributed by atoms with Gasteiger partial charge in [0.05, 0.1) is 5.69 Å². The van der Waals surface area contributed by atoms with Crippen molar-refractivity contribution in [3.8, 4) is 0 Å². The van der Waals surface area contributed by atoms with E-state index in [4.69, 9.17) is 10.3 Å². The Kier molecular flexibility index (Phi) is 2.99. The molecule has 3 aromatic rings. The number of hydrogen-bond acceptors (Lipinski definition) is 8. The lowest BCUT2D eigenvalue weighted by atomic mass is 10.4. The second-order valence-electron chi connectivity index (χ2n) is 3.78. The summed E-state index contributed by atoms with van der Waals surface area (Å²) in [5, 5.41) is 8.05. The predicted molar refractivity (Wildman–Crippen MR) is 72.3 cm³/mol. The molecule has 98 valence electrons. The Hall–Kier alpha value is -1.87. The van der Waals surface area contributed by atoms with Crippen LogP contribution in [0.4, 0.5) is 5.13 Å². The minimum atomic E-state index is -0.231. The van der Waals surface area contributed by atoms with E-state index in [2.05, 4.69) is 15.2 Å². The van der Waals surface area contributed by atoms with Crippen LogP contribution >= 0.6 is 23.1 Å². The van der Waals surface area contributed by atoms with E-state index in [1.807, 2.05) is 0 Å². The Bertz CT molecular complexity index is 791. The zero-order valence-corrected chi connectivity index (χ0v) is 11.5. The molecular weight excluding hydrogens is 286 g/mol. The van der Waals surface area contributed by atoms with Gasteiger partial charge >= 0.3 is 0 Å². The van der Waals surface area contributed by atoms with E-state index >= 15 is 0 Å². The maximum absolute atomic E-state index is 11.8. The lowest BCUT2D eigenvalue weighted by Gasteiger charge is -1.97. The summed E-state index contributed by atoms with van der Waals surface area (Å²) in [5.41, 5.74) is 6.45. The summed E-state index contributed by atoms with van der Waals surface area (Å²) in [7, 11) is 0. The SMILES string of the molecule is Cc1cc2nc(CSc3nnc(N)s3)cc(=O)n2o1. The van der Waals surface area contributed by atoms with E-state index in [-0.39, 0.29) is 5.56 Å². The van der Waals surface area contributed by atoms with Crippen molar-refractivity contribution >= 4 is 33.9 Å². The van der Waals surface area contributed by atoms with Gasteiger partial charge in [-0.1, -0.05) is 23.1 Å². The van der Waals surface area contributed by atoms with Crippen LogP contribution in [0.3, 0.4) is 0 Å². The first-order chi connectivity index (χ1) is 9.11. The van der Waals surface area contributed by atoms with Crippen molar-refractivity contribution in [2.24, 2.45) is 0 Å². The minimum absolute atomic E-state index is 0.231. The van der Waals surface area contributed by atoms with Crippen LogP contribution in [0.1, 0.15) is 11.5 Å². The number of nitrogens with zero attached hydrogens (tertiary/aromatic N) is 4. The molecule has 0 fully saturated rings. The van der Waals surface area contributed by atoms with Crippen molar-refractivity contribution in [3.63, 3.8) is 0 Å². The second kappa shape index (κ2) is 4.67. The van der Waals surface area contributed by atoms with Crippen molar-refractivity contribution in [3.05, 3.63) is 33.9 Å². The average Bonchev–Trinajstić information content (AvgIpc) is 2.92. The van der Waals surface area contributed by atoms with Crippen LogP contribution in [0, 0.1) is 6.92 Å². The predicted octanol–water partition coefficient (Wildman–Crippen LogP) is 1.32. The number of hydrogen-bond donors (Lipinski definition) is 1. The molecular formula is C10H9N5O2S2. The van der Waals surface area contributed by atoms with Crippen LogP contribution in [0.15, 0.2) is 25.8 Å². The molecule has 0 radical (unpaired) electrons. The van der Waals surface area contributed by atoms with Gasteiger partial charge in [-0.3, -0.25) is 4.79 Å². The highest BCUT2D eigenvalue weighted by molar-refractivity contribution is 8.00. The molecule has 19 heavy (non-hydrogen) atoms. The third kappa shape index (κ3) is 2.47. The molecule has 0 amide bonds. The smallest absolute Gasteiger partial charge is 0.287 e. The topological polar surface area (TPSA) is 99.3 Å². The van der Waals surface area contributed by atoms with Crippen LogP contribution in [-0.4, -0.2) is 19.8 Å². The third-order valence-electron chi connectivity index (χ3n) is 2.29. The van der Waals surface area contributed by atoms with Gasteiger partial charge in [-0.25, -0.2) is 4.98 Å². The molecule has 0 saturated carbocycles. The van der Waals surface area contributed by atoms with Crippen LogP contribution in [0.5, 0.6) is 0 Å². The molecule has 0 saturated heterocycles. The molecule has 0 aromatic carbocycles. The summed E-state index contributed by atoms with van der Waals surface area (Å²) in [4.78, 5) is 16.2. The van der Waals surface area contributed by atoms with Crippen LogP contribution < -0.4 is 11.3 Å². The maximum atomic E-state index is 11.8. The maximum Gasteiger partial charge on any atom is 0.287 e. The number of nitrogen functional groups attached to an aromatic ring is 1. The first-order valence-electron chi connectivity index (χ1n) is 5.33. The number of anilines is 1. The highest BCUT2D eigenvalue weighted by Crippen LogP contribution is 2.26. The first kappa shape index (κ1) is 12.2. The Morgan fingerprint density at radius 2 is 2.32 bits per heavy atom. The van der Waals surface area contributed by atoms with Crippen molar-refractivity contribution in [1.82, 2.24) is 19.8 Å². The fraction of sp³-hybridized carbons (Fsp3) is 0.200. The standard InChI is InChI=1S/C10H9N5O2S2/c1-5-2-7-12-6(3-8(16)15(7)17-5)4-18-10-14-13-9(11)19-10/h2-3H,4H2,1H3,(H2,11,13). The molecule has 0 unspecified atom stereocenters. The van der Waals surface area contributed by atoms with Crippen molar-refractivity contribution < 1.29 is 4.52 Å². The molecule has 9 heteroatoms. The Morgan fingerprint density at radius 3 is 3.05 bits per heavy atom. The zero-order chi connectivity index (χ0) is 13.4. The van der Waals surface area contributed by atoms with Gasteiger partial charge in [0.25, 0.3) is 5.56 Å². The molecule has 0 aliphatic carbocycles. The van der Waals surface area contributed by atoms with E-state index in [9.17, 15) is 4.79 Å². The molecule has 2 N–H and O–H groups in total. The van der Waals surface area contributed by atoms with Gasteiger partial charge in [0.1, 0.15) is 5.76 Å². The van der Waals surface area contributed by atoms with Crippen LogP contribution in [-0.2, 0) is 5.75 Å². The Morgan fingerprint density at radius 1 is 1.47 bits per heavy atom.